The van der Waals surface area contributed by atoms with E-state index in [1.807, 2.05) is 72.8 Å². The van der Waals surface area contributed by atoms with Crippen molar-refractivity contribution in [3.05, 3.63) is 119 Å². The average molecular weight is 541 g/mol. The molecule has 0 aromatic heterocycles. The number of ketones is 1. The highest BCUT2D eigenvalue weighted by atomic mass is 19.1. The lowest BCUT2D eigenvalue weighted by atomic mass is 9.62. The second-order valence-electron chi connectivity index (χ2n) is 12.1. The molecule has 2 fully saturated rings. The van der Waals surface area contributed by atoms with Crippen molar-refractivity contribution in [3.63, 3.8) is 0 Å². The Hall–Kier alpha value is -3.08. The zero-order chi connectivity index (χ0) is 28.3. The molecule has 40 heavy (non-hydrogen) atoms. The van der Waals surface area contributed by atoms with Crippen LogP contribution in [0.25, 0.3) is 0 Å². The van der Waals surface area contributed by atoms with Gasteiger partial charge >= 0.3 is 0 Å². The largest absolute Gasteiger partial charge is 0.393 e. The molecule has 3 nitrogen and oxygen atoms in total. The van der Waals surface area contributed by atoms with E-state index in [1.165, 1.54) is 11.1 Å². The van der Waals surface area contributed by atoms with Gasteiger partial charge in [-0.3, -0.25) is 4.79 Å². The van der Waals surface area contributed by atoms with Crippen LogP contribution in [0.4, 0.5) is 4.39 Å². The SMILES string of the molecule is CC(C/C=C/C(O)(c1ccccc1)c1ccccc1)C1=CCC2/C(=C\C=C3/CC(O)CC(F)C3=O)CCCC12C. The molecular formula is C36H41FO3. The fraction of sp³-hybridized carbons (Fsp3) is 0.417. The van der Waals surface area contributed by atoms with Crippen LogP contribution in [0.5, 0.6) is 0 Å². The predicted octanol–water partition coefficient (Wildman–Crippen LogP) is 7.56. The Kier molecular flexibility index (Phi) is 8.39. The molecule has 0 amide bonds. The molecule has 0 aliphatic heterocycles. The van der Waals surface area contributed by atoms with Gasteiger partial charge in [-0.1, -0.05) is 110 Å². The van der Waals surface area contributed by atoms with Crippen molar-refractivity contribution in [2.75, 3.05) is 0 Å². The number of halogens is 1. The van der Waals surface area contributed by atoms with Gasteiger partial charge in [-0.15, -0.1) is 0 Å². The molecule has 2 aromatic rings. The number of aliphatic hydroxyl groups is 2. The van der Waals surface area contributed by atoms with Crippen molar-refractivity contribution in [3.8, 4) is 0 Å². The highest BCUT2D eigenvalue weighted by Gasteiger charge is 2.46. The molecule has 0 heterocycles. The van der Waals surface area contributed by atoms with Crippen LogP contribution in [0.3, 0.4) is 0 Å². The predicted molar refractivity (Wildman–Crippen MR) is 158 cm³/mol. The molecule has 5 rings (SSSR count). The number of rotatable bonds is 7. The second-order valence-corrected chi connectivity index (χ2v) is 12.1. The van der Waals surface area contributed by atoms with Crippen LogP contribution in [0.2, 0.25) is 0 Å². The van der Waals surface area contributed by atoms with Crippen molar-refractivity contribution >= 4 is 5.78 Å². The average Bonchev–Trinajstić information content (AvgIpc) is 3.32. The Morgan fingerprint density at radius 2 is 1.73 bits per heavy atom. The standard InChI is InChI=1S/C36H41FO3/c1-25(11-9-22-36(40,28-13-5-3-6-14-28)29-15-7-4-8-16-29)31-19-20-32-26(12-10-21-35(31,32)2)17-18-27-23-30(38)24-33(37)34(27)39/h3-9,13-19,22,25,30,32-33,38,40H,10-12,20-21,23-24H2,1-2H3/b22-9+,26-17-,27-18+. The Labute approximate surface area is 237 Å². The summed E-state index contributed by atoms with van der Waals surface area (Å²) in [5.74, 6) is 0.217. The molecule has 0 saturated heterocycles. The van der Waals surface area contributed by atoms with Crippen LogP contribution < -0.4 is 0 Å². The van der Waals surface area contributed by atoms with Crippen molar-refractivity contribution in [2.24, 2.45) is 17.3 Å². The van der Waals surface area contributed by atoms with E-state index in [1.54, 1.807) is 6.08 Å². The summed E-state index contributed by atoms with van der Waals surface area (Å²) in [6, 6.07) is 19.6. The summed E-state index contributed by atoms with van der Waals surface area (Å²) in [5, 5.41) is 21.8. The monoisotopic (exact) mass is 540 g/mol. The first-order valence-corrected chi connectivity index (χ1v) is 14.7. The number of alkyl halides is 1. The van der Waals surface area contributed by atoms with E-state index in [2.05, 4.69) is 26.0 Å². The third-order valence-electron chi connectivity index (χ3n) is 9.45. The lowest BCUT2D eigenvalue weighted by Gasteiger charge is -2.42. The van der Waals surface area contributed by atoms with Crippen LogP contribution >= 0.6 is 0 Å². The zero-order valence-corrected chi connectivity index (χ0v) is 23.6. The van der Waals surface area contributed by atoms with E-state index in [0.717, 1.165) is 43.2 Å². The molecule has 0 spiro atoms. The van der Waals surface area contributed by atoms with Crippen molar-refractivity contribution in [1.29, 1.82) is 0 Å². The first kappa shape index (κ1) is 28.4. The Morgan fingerprint density at radius 1 is 1.07 bits per heavy atom. The van der Waals surface area contributed by atoms with Crippen LogP contribution in [-0.2, 0) is 10.4 Å². The molecule has 2 aromatic carbocycles. The molecule has 4 heteroatoms. The molecule has 2 saturated carbocycles. The number of hydrogen-bond acceptors (Lipinski definition) is 3. The van der Waals surface area contributed by atoms with Gasteiger partial charge in [0.05, 0.1) is 6.10 Å². The molecule has 5 unspecified atom stereocenters. The summed E-state index contributed by atoms with van der Waals surface area (Å²) < 4.78 is 14.0. The van der Waals surface area contributed by atoms with E-state index in [0.29, 0.717) is 17.4 Å². The van der Waals surface area contributed by atoms with Gasteiger partial charge in [0.1, 0.15) is 5.60 Å². The van der Waals surface area contributed by atoms with E-state index < -0.39 is 23.7 Å². The Morgan fingerprint density at radius 3 is 2.38 bits per heavy atom. The minimum absolute atomic E-state index is 0.0454. The third-order valence-corrected chi connectivity index (χ3v) is 9.45. The maximum atomic E-state index is 14.0. The lowest BCUT2D eigenvalue weighted by molar-refractivity contribution is -0.123. The van der Waals surface area contributed by atoms with E-state index >= 15 is 0 Å². The van der Waals surface area contributed by atoms with Gasteiger partial charge in [-0.25, -0.2) is 4.39 Å². The molecule has 3 aliphatic rings. The fourth-order valence-electron chi connectivity index (χ4n) is 7.27. The second kappa shape index (κ2) is 11.8. The maximum absolute atomic E-state index is 14.0. The number of Topliss-reactive ketones (excluding diaryl/α,β-unsaturated/α-hetero) is 1. The van der Waals surface area contributed by atoms with Gasteiger partial charge in [-0.05, 0) is 66.6 Å². The van der Waals surface area contributed by atoms with E-state index in [-0.39, 0.29) is 18.3 Å². The van der Waals surface area contributed by atoms with E-state index in [9.17, 15) is 19.4 Å². The summed E-state index contributed by atoms with van der Waals surface area (Å²) >= 11 is 0. The van der Waals surface area contributed by atoms with Gasteiger partial charge in [0.25, 0.3) is 0 Å². The first-order valence-electron chi connectivity index (χ1n) is 14.7. The van der Waals surface area contributed by atoms with Gasteiger partial charge in [0.15, 0.2) is 12.0 Å². The van der Waals surface area contributed by atoms with Gasteiger partial charge in [0, 0.05) is 18.4 Å². The smallest absolute Gasteiger partial charge is 0.193 e. The number of hydrogen-bond donors (Lipinski definition) is 2. The lowest BCUT2D eigenvalue weighted by Crippen LogP contribution is -2.33. The minimum Gasteiger partial charge on any atom is -0.393 e. The van der Waals surface area contributed by atoms with Crippen LogP contribution in [0.15, 0.2) is 108 Å². The molecule has 3 aliphatic carbocycles. The fourth-order valence-corrected chi connectivity index (χ4v) is 7.27. The number of aliphatic hydroxyl groups excluding tert-OH is 1. The summed E-state index contributed by atoms with van der Waals surface area (Å²) in [7, 11) is 0. The number of carbonyl (C=O) groups excluding carboxylic acids is 1. The summed E-state index contributed by atoms with van der Waals surface area (Å²) in [4.78, 5) is 12.3. The maximum Gasteiger partial charge on any atom is 0.193 e. The number of allylic oxidation sites excluding steroid dienone is 6. The van der Waals surface area contributed by atoms with Crippen molar-refractivity contribution < 1.29 is 19.4 Å². The molecular weight excluding hydrogens is 499 g/mol. The first-order chi connectivity index (χ1) is 19.2. The highest BCUT2D eigenvalue weighted by Crippen LogP contribution is 2.57. The molecule has 0 radical (unpaired) electrons. The van der Waals surface area contributed by atoms with Crippen LogP contribution in [0.1, 0.15) is 69.9 Å². The summed E-state index contributed by atoms with van der Waals surface area (Å²) in [6.45, 7) is 4.64. The van der Waals surface area contributed by atoms with Gasteiger partial charge in [-0.2, -0.15) is 0 Å². The zero-order valence-electron chi connectivity index (χ0n) is 23.6. The minimum atomic E-state index is -1.60. The Balaban J connectivity index is 1.32. The Bertz CT molecular complexity index is 1280. The number of carbonyl (C=O) groups is 1. The molecule has 5 atom stereocenters. The number of fused-ring (bicyclic) bond motifs is 1. The van der Waals surface area contributed by atoms with Gasteiger partial charge in [0.2, 0.25) is 0 Å². The summed E-state index contributed by atoms with van der Waals surface area (Å²) in [6.07, 6.45) is 13.0. The van der Waals surface area contributed by atoms with Crippen molar-refractivity contribution in [2.45, 2.75) is 76.7 Å². The molecule has 2 N–H and O–H groups in total. The van der Waals surface area contributed by atoms with Crippen LogP contribution in [-0.4, -0.2) is 28.3 Å². The number of benzene rings is 2. The summed E-state index contributed by atoms with van der Waals surface area (Å²) in [5.41, 5.74) is 3.73. The topological polar surface area (TPSA) is 57.5 Å². The molecule has 210 valence electrons. The van der Waals surface area contributed by atoms with Crippen molar-refractivity contribution in [1.82, 2.24) is 0 Å². The van der Waals surface area contributed by atoms with Gasteiger partial charge < -0.3 is 10.2 Å². The normalized spacial score (nSPS) is 30.1. The highest BCUT2D eigenvalue weighted by molar-refractivity contribution is 5.99. The van der Waals surface area contributed by atoms with Crippen LogP contribution in [0, 0.1) is 17.3 Å². The van der Waals surface area contributed by atoms with E-state index in [4.69, 9.17) is 0 Å². The quantitative estimate of drug-likeness (QED) is 0.282. The molecule has 0 bridgehead atoms. The third kappa shape index (κ3) is 5.57.